The van der Waals surface area contributed by atoms with E-state index in [4.69, 9.17) is 5.73 Å². The van der Waals surface area contributed by atoms with Gasteiger partial charge in [0.25, 0.3) is 5.69 Å². The maximum Gasteiger partial charge on any atom is 0.271 e. The maximum atomic E-state index is 10.7. The third kappa shape index (κ3) is 2.64. The Morgan fingerprint density at radius 3 is 2.63 bits per heavy atom. The Hall–Kier alpha value is -1.78. The fourth-order valence-corrected chi connectivity index (χ4v) is 2.95. The zero-order chi connectivity index (χ0) is 14.2. The van der Waals surface area contributed by atoms with E-state index in [-0.39, 0.29) is 5.69 Å². The quantitative estimate of drug-likeness (QED) is 0.505. The van der Waals surface area contributed by atoms with Crippen LogP contribution in [-0.4, -0.2) is 17.5 Å². The summed E-state index contributed by atoms with van der Waals surface area (Å²) in [6, 6.07) is 5.16. The SMILES string of the molecule is CC1CC(C)C(C)N(c2ccc([N+](=O)[O-])cc2N)C1. The van der Waals surface area contributed by atoms with Gasteiger partial charge in [0.05, 0.1) is 16.3 Å². The van der Waals surface area contributed by atoms with Crippen LogP contribution in [0.25, 0.3) is 0 Å². The number of nitro benzene ring substituents is 1. The molecule has 1 aromatic carbocycles. The van der Waals surface area contributed by atoms with Gasteiger partial charge in [-0.1, -0.05) is 13.8 Å². The standard InChI is InChI=1S/C14H21N3O2/c1-9-6-10(2)11(3)16(8-9)14-5-4-12(17(18)19)7-13(14)15/h4-5,7,9-11H,6,8,15H2,1-3H3. The van der Waals surface area contributed by atoms with E-state index in [1.807, 2.05) is 0 Å². The first-order valence-corrected chi connectivity index (χ1v) is 6.70. The number of benzene rings is 1. The molecule has 0 aliphatic carbocycles. The molecular formula is C14H21N3O2. The van der Waals surface area contributed by atoms with E-state index in [0.717, 1.165) is 12.2 Å². The number of nitro groups is 1. The lowest BCUT2D eigenvalue weighted by atomic mass is 9.85. The van der Waals surface area contributed by atoms with Crippen molar-refractivity contribution in [2.45, 2.75) is 33.2 Å². The number of nitrogen functional groups attached to an aromatic ring is 1. The van der Waals surface area contributed by atoms with Crippen LogP contribution in [0.5, 0.6) is 0 Å². The van der Waals surface area contributed by atoms with E-state index >= 15 is 0 Å². The third-order valence-electron chi connectivity index (χ3n) is 4.13. The van der Waals surface area contributed by atoms with Gasteiger partial charge >= 0.3 is 0 Å². The molecule has 0 spiro atoms. The highest BCUT2D eigenvalue weighted by Crippen LogP contribution is 2.35. The van der Waals surface area contributed by atoms with Crippen LogP contribution >= 0.6 is 0 Å². The van der Waals surface area contributed by atoms with Gasteiger partial charge in [0.15, 0.2) is 0 Å². The van der Waals surface area contributed by atoms with Crippen LogP contribution in [0.1, 0.15) is 27.2 Å². The van der Waals surface area contributed by atoms with Crippen LogP contribution in [0.3, 0.4) is 0 Å². The Morgan fingerprint density at radius 1 is 1.37 bits per heavy atom. The Morgan fingerprint density at radius 2 is 2.05 bits per heavy atom. The van der Waals surface area contributed by atoms with Gasteiger partial charge in [-0.3, -0.25) is 10.1 Å². The lowest BCUT2D eigenvalue weighted by molar-refractivity contribution is -0.384. The number of nitrogens with zero attached hydrogens (tertiary/aromatic N) is 2. The molecule has 0 amide bonds. The third-order valence-corrected chi connectivity index (χ3v) is 4.13. The monoisotopic (exact) mass is 263 g/mol. The number of piperidine rings is 1. The molecule has 3 atom stereocenters. The molecule has 1 saturated heterocycles. The maximum absolute atomic E-state index is 10.7. The van der Waals surface area contributed by atoms with Crippen molar-refractivity contribution in [2.75, 3.05) is 17.2 Å². The summed E-state index contributed by atoms with van der Waals surface area (Å²) in [6.07, 6.45) is 1.21. The number of hydrogen-bond acceptors (Lipinski definition) is 4. The number of hydrogen-bond donors (Lipinski definition) is 1. The highest BCUT2D eigenvalue weighted by atomic mass is 16.6. The summed E-state index contributed by atoms with van der Waals surface area (Å²) in [5.74, 6) is 1.21. The first-order chi connectivity index (χ1) is 8.90. The molecule has 1 heterocycles. The highest BCUT2D eigenvalue weighted by molar-refractivity contribution is 5.71. The molecule has 0 saturated carbocycles. The number of nitrogens with two attached hydrogens (primary N) is 1. The van der Waals surface area contributed by atoms with Crippen molar-refractivity contribution >= 4 is 17.1 Å². The fraction of sp³-hybridized carbons (Fsp3) is 0.571. The summed E-state index contributed by atoms with van der Waals surface area (Å²) in [4.78, 5) is 12.6. The van der Waals surface area contributed by atoms with Gasteiger partial charge in [-0.2, -0.15) is 0 Å². The van der Waals surface area contributed by atoms with Gasteiger partial charge in [0.2, 0.25) is 0 Å². The van der Waals surface area contributed by atoms with Crippen LogP contribution in [-0.2, 0) is 0 Å². The van der Waals surface area contributed by atoms with Crippen molar-refractivity contribution in [2.24, 2.45) is 11.8 Å². The minimum absolute atomic E-state index is 0.0482. The molecule has 0 aromatic heterocycles. The van der Waals surface area contributed by atoms with E-state index in [9.17, 15) is 10.1 Å². The fourth-order valence-electron chi connectivity index (χ4n) is 2.95. The Kier molecular flexibility index (Phi) is 3.64. The van der Waals surface area contributed by atoms with Crippen molar-refractivity contribution in [3.63, 3.8) is 0 Å². The average Bonchev–Trinajstić information content (AvgIpc) is 2.33. The second kappa shape index (κ2) is 5.07. The lowest BCUT2D eigenvalue weighted by Crippen LogP contribution is -2.46. The molecule has 1 aliphatic heterocycles. The predicted octanol–water partition coefficient (Wildman–Crippen LogP) is 3.05. The molecule has 3 unspecified atom stereocenters. The average molecular weight is 263 g/mol. The zero-order valence-corrected chi connectivity index (χ0v) is 11.7. The van der Waals surface area contributed by atoms with E-state index in [2.05, 4.69) is 25.7 Å². The van der Waals surface area contributed by atoms with Gasteiger partial charge in [-0.05, 0) is 31.2 Å². The van der Waals surface area contributed by atoms with Crippen LogP contribution in [0.15, 0.2) is 18.2 Å². The summed E-state index contributed by atoms with van der Waals surface area (Å²) in [5, 5.41) is 10.7. The minimum Gasteiger partial charge on any atom is -0.397 e. The van der Waals surface area contributed by atoms with Crippen LogP contribution in [0.4, 0.5) is 17.1 Å². The minimum atomic E-state index is -0.412. The first kappa shape index (κ1) is 13.6. The molecule has 2 N–H and O–H groups in total. The van der Waals surface area contributed by atoms with Gasteiger partial charge in [-0.15, -0.1) is 0 Å². The lowest BCUT2D eigenvalue weighted by Gasteiger charge is -2.43. The van der Waals surface area contributed by atoms with E-state index in [1.165, 1.54) is 18.6 Å². The van der Waals surface area contributed by atoms with Crippen LogP contribution in [0.2, 0.25) is 0 Å². The number of anilines is 2. The van der Waals surface area contributed by atoms with E-state index < -0.39 is 4.92 Å². The smallest absolute Gasteiger partial charge is 0.271 e. The van der Waals surface area contributed by atoms with Crippen molar-refractivity contribution < 1.29 is 4.92 Å². The Balaban J connectivity index is 2.32. The van der Waals surface area contributed by atoms with Crippen molar-refractivity contribution in [1.29, 1.82) is 0 Å². The topological polar surface area (TPSA) is 72.4 Å². The highest BCUT2D eigenvalue weighted by Gasteiger charge is 2.30. The zero-order valence-electron chi connectivity index (χ0n) is 11.7. The van der Waals surface area contributed by atoms with E-state index in [1.54, 1.807) is 6.07 Å². The molecule has 0 radical (unpaired) electrons. The molecule has 2 rings (SSSR count). The normalized spacial score (nSPS) is 27.3. The summed E-state index contributed by atoms with van der Waals surface area (Å²) in [7, 11) is 0. The Bertz CT molecular complexity index is 490. The predicted molar refractivity (Wildman–Crippen MR) is 77.3 cm³/mol. The molecule has 19 heavy (non-hydrogen) atoms. The van der Waals surface area contributed by atoms with Crippen LogP contribution < -0.4 is 10.6 Å². The molecule has 1 aromatic rings. The van der Waals surface area contributed by atoms with Crippen molar-refractivity contribution in [3.8, 4) is 0 Å². The summed E-state index contributed by atoms with van der Waals surface area (Å²) in [5.41, 5.74) is 7.45. The molecule has 5 nitrogen and oxygen atoms in total. The summed E-state index contributed by atoms with van der Waals surface area (Å²) >= 11 is 0. The second-order valence-corrected chi connectivity index (χ2v) is 5.71. The van der Waals surface area contributed by atoms with Crippen LogP contribution in [0, 0.1) is 22.0 Å². The Labute approximate surface area is 113 Å². The molecule has 1 fully saturated rings. The van der Waals surface area contributed by atoms with Crippen molar-refractivity contribution in [1.82, 2.24) is 0 Å². The molecule has 0 bridgehead atoms. The molecular weight excluding hydrogens is 242 g/mol. The largest absolute Gasteiger partial charge is 0.397 e. The van der Waals surface area contributed by atoms with E-state index in [0.29, 0.717) is 23.6 Å². The molecule has 5 heteroatoms. The first-order valence-electron chi connectivity index (χ1n) is 6.70. The molecule has 104 valence electrons. The van der Waals surface area contributed by atoms with Gasteiger partial charge < -0.3 is 10.6 Å². The summed E-state index contributed by atoms with van der Waals surface area (Å²) < 4.78 is 0. The number of non-ortho nitro benzene ring substituents is 1. The van der Waals surface area contributed by atoms with Crippen molar-refractivity contribution in [3.05, 3.63) is 28.3 Å². The summed E-state index contributed by atoms with van der Waals surface area (Å²) in [6.45, 7) is 7.62. The van der Waals surface area contributed by atoms with Gasteiger partial charge in [0, 0.05) is 24.7 Å². The number of rotatable bonds is 2. The van der Waals surface area contributed by atoms with Gasteiger partial charge in [0.1, 0.15) is 0 Å². The van der Waals surface area contributed by atoms with Gasteiger partial charge in [-0.25, -0.2) is 0 Å². The second-order valence-electron chi connectivity index (χ2n) is 5.71. The molecule has 1 aliphatic rings.